The van der Waals surface area contributed by atoms with Crippen molar-refractivity contribution in [1.82, 2.24) is 0 Å². The third kappa shape index (κ3) is 10.9. The van der Waals surface area contributed by atoms with Crippen molar-refractivity contribution in [3.8, 4) is 0 Å². The number of rotatable bonds is 17. The number of benzene rings is 2. The Morgan fingerprint density at radius 3 is 1.79 bits per heavy atom. The maximum absolute atomic E-state index is 12.4. The van der Waals surface area contributed by atoms with E-state index in [0.717, 1.165) is 12.8 Å². The summed E-state index contributed by atoms with van der Waals surface area (Å²) in [7, 11) is -3.65. The van der Waals surface area contributed by atoms with E-state index in [0.29, 0.717) is 17.9 Å². The fourth-order valence-electron chi connectivity index (χ4n) is 3.68. The van der Waals surface area contributed by atoms with E-state index in [1.165, 1.54) is 76.3 Å². The van der Waals surface area contributed by atoms with Gasteiger partial charge in [-0.05, 0) is 42.8 Å². The molecule has 2 rings (SSSR count). The molecule has 0 aliphatic rings. The van der Waals surface area contributed by atoms with Gasteiger partial charge >= 0.3 is 5.97 Å². The fourth-order valence-corrected chi connectivity index (χ4v) is 4.76. The summed E-state index contributed by atoms with van der Waals surface area (Å²) in [6.45, 7) is 2.67. The molecule has 0 radical (unpaired) electrons. The van der Waals surface area contributed by atoms with Crippen LogP contribution in [0.1, 0.15) is 94.3 Å². The van der Waals surface area contributed by atoms with Gasteiger partial charge in [0.25, 0.3) is 10.0 Å². The van der Waals surface area contributed by atoms with Gasteiger partial charge < -0.3 is 4.74 Å². The fraction of sp³-hybridized carbons (Fsp3) is 0.519. The number of anilines is 1. The predicted octanol–water partition coefficient (Wildman–Crippen LogP) is 7.35. The average Bonchev–Trinajstić information content (AvgIpc) is 2.82. The van der Waals surface area contributed by atoms with Gasteiger partial charge in [-0.1, -0.05) is 95.8 Å². The van der Waals surface area contributed by atoms with Crippen LogP contribution in [0.25, 0.3) is 0 Å². The van der Waals surface area contributed by atoms with Crippen molar-refractivity contribution in [3.63, 3.8) is 0 Å². The van der Waals surface area contributed by atoms with E-state index in [-0.39, 0.29) is 10.9 Å². The first kappa shape index (κ1) is 26.9. The van der Waals surface area contributed by atoms with E-state index >= 15 is 0 Å². The molecule has 0 atom stereocenters. The molecule has 0 aliphatic heterocycles. The first-order chi connectivity index (χ1) is 16.0. The first-order valence-corrected chi connectivity index (χ1v) is 13.9. The van der Waals surface area contributed by atoms with Crippen LogP contribution in [0.5, 0.6) is 0 Å². The van der Waals surface area contributed by atoms with Gasteiger partial charge in [-0.25, -0.2) is 13.2 Å². The van der Waals surface area contributed by atoms with Crippen LogP contribution in [-0.2, 0) is 14.8 Å². The normalized spacial score (nSPS) is 11.3. The smallest absolute Gasteiger partial charge is 0.338 e. The summed E-state index contributed by atoms with van der Waals surface area (Å²) in [6.07, 6.45) is 15.2. The molecule has 1 N–H and O–H groups in total. The van der Waals surface area contributed by atoms with Gasteiger partial charge in [-0.2, -0.15) is 0 Å². The maximum Gasteiger partial charge on any atom is 0.338 e. The molecule has 2 aromatic rings. The van der Waals surface area contributed by atoms with Crippen LogP contribution in [0.2, 0.25) is 0 Å². The Morgan fingerprint density at radius 2 is 1.24 bits per heavy atom. The van der Waals surface area contributed by atoms with E-state index in [2.05, 4.69) is 11.6 Å². The molecule has 0 unspecified atom stereocenters. The van der Waals surface area contributed by atoms with Gasteiger partial charge in [0.1, 0.15) is 0 Å². The quantitative estimate of drug-likeness (QED) is 0.193. The molecule has 33 heavy (non-hydrogen) atoms. The highest BCUT2D eigenvalue weighted by Crippen LogP contribution is 2.17. The summed E-state index contributed by atoms with van der Waals surface area (Å²) < 4.78 is 32.6. The monoisotopic (exact) mass is 473 g/mol. The number of ether oxygens (including phenoxy) is 1. The van der Waals surface area contributed by atoms with Crippen molar-refractivity contribution in [2.75, 3.05) is 11.3 Å². The van der Waals surface area contributed by atoms with Crippen molar-refractivity contribution in [2.45, 2.75) is 88.9 Å². The number of sulfonamides is 1. The SMILES string of the molecule is CCCCCCCCCCCCCCOC(=O)c1ccc(NS(=O)(=O)c2ccccc2)cc1. The lowest BCUT2D eigenvalue weighted by atomic mass is 10.1. The zero-order chi connectivity index (χ0) is 23.8. The zero-order valence-electron chi connectivity index (χ0n) is 19.9. The lowest BCUT2D eigenvalue weighted by Crippen LogP contribution is -2.13. The van der Waals surface area contributed by atoms with E-state index in [1.807, 2.05) is 0 Å². The number of hydrogen-bond donors (Lipinski definition) is 1. The van der Waals surface area contributed by atoms with Gasteiger partial charge in [0, 0.05) is 5.69 Å². The molecule has 0 saturated carbocycles. The van der Waals surface area contributed by atoms with Crippen molar-refractivity contribution >= 4 is 21.7 Å². The number of nitrogens with one attached hydrogen (secondary N) is 1. The summed E-state index contributed by atoms with van der Waals surface area (Å²) in [5.74, 6) is -0.379. The molecular weight excluding hydrogens is 434 g/mol. The number of carbonyl (C=O) groups is 1. The molecule has 0 aromatic heterocycles. The molecular formula is C27H39NO4S. The largest absolute Gasteiger partial charge is 0.462 e. The second-order valence-electron chi connectivity index (χ2n) is 8.52. The predicted molar refractivity (Wildman–Crippen MR) is 135 cm³/mol. The Morgan fingerprint density at radius 1 is 0.727 bits per heavy atom. The minimum absolute atomic E-state index is 0.191. The van der Waals surface area contributed by atoms with Crippen molar-refractivity contribution in [3.05, 3.63) is 60.2 Å². The molecule has 0 amide bonds. The standard InChI is InChI=1S/C27H39NO4S/c1-2-3-4-5-6-7-8-9-10-11-12-16-23-32-27(29)24-19-21-25(22-20-24)28-33(30,31)26-17-14-13-15-18-26/h13-15,17-22,28H,2-12,16,23H2,1H3. The highest BCUT2D eigenvalue weighted by Gasteiger charge is 2.14. The summed E-state index contributed by atoms with van der Waals surface area (Å²) >= 11 is 0. The average molecular weight is 474 g/mol. The second-order valence-corrected chi connectivity index (χ2v) is 10.2. The third-order valence-electron chi connectivity index (χ3n) is 5.66. The van der Waals surface area contributed by atoms with Crippen LogP contribution < -0.4 is 4.72 Å². The van der Waals surface area contributed by atoms with Gasteiger partial charge in [0.15, 0.2) is 0 Å². The third-order valence-corrected chi connectivity index (χ3v) is 7.05. The lowest BCUT2D eigenvalue weighted by molar-refractivity contribution is 0.0497. The molecule has 0 fully saturated rings. The van der Waals surface area contributed by atoms with Crippen LogP contribution in [0.4, 0.5) is 5.69 Å². The van der Waals surface area contributed by atoms with E-state index in [9.17, 15) is 13.2 Å². The van der Waals surface area contributed by atoms with Gasteiger partial charge in [0.2, 0.25) is 0 Å². The maximum atomic E-state index is 12.4. The van der Waals surface area contributed by atoms with E-state index < -0.39 is 10.0 Å². The summed E-state index contributed by atoms with van der Waals surface area (Å²) in [6, 6.07) is 14.5. The molecule has 2 aromatic carbocycles. The topological polar surface area (TPSA) is 72.5 Å². The highest BCUT2D eigenvalue weighted by molar-refractivity contribution is 7.92. The first-order valence-electron chi connectivity index (χ1n) is 12.4. The van der Waals surface area contributed by atoms with Crippen molar-refractivity contribution in [2.24, 2.45) is 0 Å². The Bertz CT molecular complexity index is 895. The Kier molecular flexibility index (Phi) is 12.6. The van der Waals surface area contributed by atoms with E-state index in [1.54, 1.807) is 42.5 Å². The van der Waals surface area contributed by atoms with Crippen LogP contribution in [0.15, 0.2) is 59.5 Å². The highest BCUT2D eigenvalue weighted by atomic mass is 32.2. The molecule has 0 aliphatic carbocycles. The number of esters is 1. The number of carbonyl (C=O) groups excluding carboxylic acids is 1. The minimum Gasteiger partial charge on any atom is -0.462 e. The van der Waals surface area contributed by atoms with Gasteiger partial charge in [-0.15, -0.1) is 0 Å². The van der Waals surface area contributed by atoms with Crippen LogP contribution in [-0.4, -0.2) is 21.0 Å². The molecule has 0 heterocycles. The van der Waals surface area contributed by atoms with Crippen molar-refractivity contribution < 1.29 is 17.9 Å². The number of unbranched alkanes of at least 4 members (excludes halogenated alkanes) is 11. The Balaban J connectivity index is 1.57. The van der Waals surface area contributed by atoms with Crippen LogP contribution in [0.3, 0.4) is 0 Å². The molecule has 0 saturated heterocycles. The van der Waals surface area contributed by atoms with Crippen molar-refractivity contribution in [1.29, 1.82) is 0 Å². The molecule has 5 nitrogen and oxygen atoms in total. The van der Waals surface area contributed by atoms with Crippen LogP contribution in [0, 0.1) is 0 Å². The lowest BCUT2D eigenvalue weighted by Gasteiger charge is -2.09. The molecule has 0 spiro atoms. The van der Waals surface area contributed by atoms with Gasteiger partial charge in [-0.3, -0.25) is 4.72 Å². The van der Waals surface area contributed by atoms with Gasteiger partial charge in [0.05, 0.1) is 17.1 Å². The van der Waals surface area contributed by atoms with Crippen LogP contribution >= 0.6 is 0 Å². The summed E-state index contributed by atoms with van der Waals surface area (Å²) in [4.78, 5) is 12.4. The summed E-state index contributed by atoms with van der Waals surface area (Å²) in [5, 5.41) is 0. The Hall–Kier alpha value is -2.34. The summed E-state index contributed by atoms with van der Waals surface area (Å²) in [5.41, 5.74) is 0.813. The molecule has 182 valence electrons. The zero-order valence-corrected chi connectivity index (χ0v) is 20.7. The Labute approximate surface area is 200 Å². The minimum atomic E-state index is -3.65. The van der Waals surface area contributed by atoms with E-state index in [4.69, 9.17) is 4.74 Å². The molecule has 6 heteroatoms. The number of hydrogen-bond acceptors (Lipinski definition) is 4. The second kappa shape index (κ2) is 15.5. The molecule has 0 bridgehead atoms.